The molecule has 0 saturated heterocycles. The molecule has 0 radical (unpaired) electrons. The fourth-order valence-electron chi connectivity index (χ4n) is 1.47. The van der Waals surface area contributed by atoms with Crippen molar-refractivity contribution in [1.82, 2.24) is 0 Å². The summed E-state index contributed by atoms with van der Waals surface area (Å²) in [6, 6.07) is 13.4. The second kappa shape index (κ2) is 5.55. The van der Waals surface area contributed by atoms with Gasteiger partial charge in [-0.05, 0) is 24.1 Å². The molecule has 5 nitrogen and oxygen atoms in total. The van der Waals surface area contributed by atoms with E-state index in [0.717, 1.165) is 6.07 Å². The normalized spacial score (nSPS) is 10.4. The first kappa shape index (κ1) is 13.8. The molecule has 2 aromatic rings. The second-order valence-electron chi connectivity index (χ2n) is 3.85. The van der Waals surface area contributed by atoms with Gasteiger partial charge in [0.15, 0.2) is 0 Å². The highest BCUT2D eigenvalue weighted by molar-refractivity contribution is 7.96. The Morgan fingerprint density at radius 1 is 1.00 bits per heavy atom. The van der Waals surface area contributed by atoms with E-state index in [4.69, 9.17) is 0 Å². The highest BCUT2D eigenvalue weighted by atomic mass is 32.2. The summed E-state index contributed by atoms with van der Waals surface area (Å²) in [6.07, 6.45) is 0. The first-order valence-corrected chi connectivity index (χ1v) is 7.05. The molecule has 0 atom stereocenters. The van der Waals surface area contributed by atoms with Crippen molar-refractivity contribution in [2.24, 2.45) is 0 Å². The predicted octanol–water partition coefficient (Wildman–Crippen LogP) is 2.38. The molecule has 2 rings (SSSR count). The Bertz CT molecular complexity index is 802. The summed E-state index contributed by atoms with van der Waals surface area (Å²) in [5, 5.41) is 12.8. The third-order valence-electron chi connectivity index (χ3n) is 2.44. The van der Waals surface area contributed by atoms with Gasteiger partial charge in [0.25, 0.3) is 5.69 Å². The summed E-state index contributed by atoms with van der Waals surface area (Å²) < 4.78 is 24.0. The number of nitrogens with zero attached hydrogens (tertiary/aromatic N) is 1. The van der Waals surface area contributed by atoms with Crippen LogP contribution in [-0.2, 0) is 9.84 Å². The number of rotatable bonds is 2. The molecule has 0 heterocycles. The Morgan fingerprint density at radius 2 is 1.70 bits per heavy atom. The topological polar surface area (TPSA) is 77.3 Å². The lowest BCUT2D eigenvalue weighted by Crippen LogP contribution is -1.98. The third kappa shape index (κ3) is 3.22. The van der Waals surface area contributed by atoms with Crippen LogP contribution < -0.4 is 0 Å². The Balaban J connectivity index is 2.39. The van der Waals surface area contributed by atoms with Gasteiger partial charge in [-0.15, -0.1) is 0 Å². The van der Waals surface area contributed by atoms with E-state index in [-0.39, 0.29) is 10.6 Å². The molecule has 6 heteroatoms. The van der Waals surface area contributed by atoms with Crippen molar-refractivity contribution in [3.8, 4) is 11.2 Å². The van der Waals surface area contributed by atoms with Crippen LogP contribution in [0, 0.1) is 21.3 Å². The standard InChI is InChI=1S/C14H9NO4S/c16-15(17)13-7-4-8-14(11-13)20(18,19)10-9-12-5-2-1-3-6-12/h1-8,11H. The summed E-state index contributed by atoms with van der Waals surface area (Å²) in [5.41, 5.74) is 0.272. The minimum atomic E-state index is -3.88. The lowest BCUT2D eigenvalue weighted by Gasteiger charge is -1.96. The van der Waals surface area contributed by atoms with Crippen LogP contribution >= 0.6 is 0 Å². The quantitative estimate of drug-likeness (QED) is 0.482. The van der Waals surface area contributed by atoms with Crippen LogP contribution in [0.3, 0.4) is 0 Å². The van der Waals surface area contributed by atoms with Crippen LogP contribution in [0.5, 0.6) is 0 Å². The molecule has 0 saturated carbocycles. The average molecular weight is 287 g/mol. The zero-order chi connectivity index (χ0) is 14.6. The van der Waals surface area contributed by atoms with Gasteiger partial charge in [0.05, 0.1) is 9.82 Å². The monoisotopic (exact) mass is 287 g/mol. The van der Waals surface area contributed by atoms with Gasteiger partial charge in [-0.25, -0.2) is 8.42 Å². The van der Waals surface area contributed by atoms with E-state index in [1.165, 1.54) is 18.2 Å². The van der Waals surface area contributed by atoms with Crippen LogP contribution in [0.15, 0.2) is 59.5 Å². The van der Waals surface area contributed by atoms with Gasteiger partial charge in [0.2, 0.25) is 9.84 Å². The van der Waals surface area contributed by atoms with Crippen LogP contribution in [0.25, 0.3) is 0 Å². The molecule has 0 spiro atoms. The molecule has 0 aliphatic heterocycles. The maximum absolute atomic E-state index is 12.0. The first-order chi connectivity index (χ1) is 9.49. The number of hydrogen-bond acceptors (Lipinski definition) is 4. The summed E-state index contributed by atoms with van der Waals surface area (Å²) in [5.74, 6) is 2.52. The fourth-order valence-corrected chi connectivity index (χ4v) is 2.37. The van der Waals surface area contributed by atoms with E-state index < -0.39 is 14.8 Å². The minimum absolute atomic E-state index is 0.185. The minimum Gasteiger partial charge on any atom is -0.258 e. The van der Waals surface area contributed by atoms with Crippen molar-refractivity contribution in [3.63, 3.8) is 0 Å². The van der Waals surface area contributed by atoms with Gasteiger partial charge in [-0.3, -0.25) is 10.1 Å². The van der Waals surface area contributed by atoms with Gasteiger partial charge < -0.3 is 0 Å². The van der Waals surface area contributed by atoms with E-state index >= 15 is 0 Å². The molecule has 0 bridgehead atoms. The summed E-state index contributed by atoms with van der Waals surface area (Å²) in [7, 11) is -3.88. The Kier molecular flexibility index (Phi) is 3.82. The van der Waals surface area contributed by atoms with Gasteiger partial charge in [-0.1, -0.05) is 24.3 Å². The van der Waals surface area contributed by atoms with Gasteiger partial charge in [0, 0.05) is 22.9 Å². The second-order valence-corrected chi connectivity index (χ2v) is 5.53. The predicted molar refractivity (Wildman–Crippen MR) is 73.6 cm³/mol. The molecule has 0 fully saturated rings. The highest BCUT2D eigenvalue weighted by Crippen LogP contribution is 2.17. The van der Waals surface area contributed by atoms with E-state index in [1.54, 1.807) is 30.3 Å². The van der Waals surface area contributed by atoms with Crippen LogP contribution in [0.4, 0.5) is 5.69 Å². The summed E-state index contributed by atoms with van der Waals surface area (Å²) in [6.45, 7) is 0. The number of hydrogen-bond donors (Lipinski definition) is 0. The molecular formula is C14H9NO4S. The largest absolute Gasteiger partial charge is 0.270 e. The number of sulfone groups is 1. The first-order valence-electron chi connectivity index (χ1n) is 5.56. The number of nitro benzene ring substituents is 1. The van der Waals surface area contributed by atoms with Crippen molar-refractivity contribution in [2.45, 2.75) is 4.90 Å². The molecule has 0 N–H and O–H groups in total. The fraction of sp³-hybridized carbons (Fsp3) is 0. The zero-order valence-electron chi connectivity index (χ0n) is 10.2. The van der Waals surface area contributed by atoms with E-state index in [9.17, 15) is 18.5 Å². The van der Waals surface area contributed by atoms with Gasteiger partial charge >= 0.3 is 0 Å². The maximum atomic E-state index is 12.0. The lowest BCUT2D eigenvalue weighted by atomic mass is 10.2. The number of non-ortho nitro benzene ring substituents is 1. The smallest absolute Gasteiger partial charge is 0.258 e. The Morgan fingerprint density at radius 3 is 2.35 bits per heavy atom. The van der Waals surface area contributed by atoms with E-state index in [1.807, 2.05) is 0 Å². The highest BCUT2D eigenvalue weighted by Gasteiger charge is 2.15. The molecule has 0 aromatic heterocycles. The number of nitro groups is 1. The SMILES string of the molecule is O=[N+]([O-])c1cccc(S(=O)(=O)C#Cc2ccccc2)c1. The van der Waals surface area contributed by atoms with Gasteiger partial charge in [0.1, 0.15) is 0 Å². The molecule has 0 aliphatic carbocycles. The molecule has 20 heavy (non-hydrogen) atoms. The summed E-state index contributed by atoms with van der Waals surface area (Å²) in [4.78, 5) is 9.80. The Labute approximate surface area is 115 Å². The molecule has 0 amide bonds. The van der Waals surface area contributed by atoms with Crippen molar-refractivity contribution in [2.75, 3.05) is 0 Å². The van der Waals surface area contributed by atoms with Crippen molar-refractivity contribution < 1.29 is 13.3 Å². The Hall–Kier alpha value is -2.65. The van der Waals surface area contributed by atoms with Crippen molar-refractivity contribution in [1.29, 1.82) is 0 Å². The maximum Gasteiger partial charge on any atom is 0.270 e. The third-order valence-corrected chi connectivity index (χ3v) is 3.69. The average Bonchev–Trinajstić information content (AvgIpc) is 2.46. The van der Waals surface area contributed by atoms with Gasteiger partial charge in [-0.2, -0.15) is 0 Å². The molecule has 2 aromatic carbocycles. The zero-order valence-corrected chi connectivity index (χ0v) is 11.0. The van der Waals surface area contributed by atoms with Crippen molar-refractivity contribution >= 4 is 15.5 Å². The van der Waals surface area contributed by atoms with Crippen molar-refractivity contribution in [3.05, 3.63) is 70.3 Å². The van der Waals surface area contributed by atoms with E-state index in [2.05, 4.69) is 11.2 Å². The van der Waals surface area contributed by atoms with Crippen LogP contribution in [0.2, 0.25) is 0 Å². The summed E-state index contributed by atoms with van der Waals surface area (Å²) >= 11 is 0. The van der Waals surface area contributed by atoms with Crippen LogP contribution in [0.1, 0.15) is 5.56 Å². The number of benzene rings is 2. The van der Waals surface area contributed by atoms with E-state index in [0.29, 0.717) is 5.56 Å². The lowest BCUT2D eigenvalue weighted by molar-refractivity contribution is -0.385. The molecule has 0 unspecified atom stereocenters. The van der Waals surface area contributed by atoms with Crippen LogP contribution in [-0.4, -0.2) is 13.3 Å². The molecule has 0 aliphatic rings. The molecular weight excluding hydrogens is 278 g/mol. The molecule has 100 valence electrons.